The van der Waals surface area contributed by atoms with E-state index in [1.165, 1.54) is 6.07 Å². The van der Waals surface area contributed by atoms with Gasteiger partial charge in [-0.1, -0.05) is 46.3 Å². The van der Waals surface area contributed by atoms with E-state index in [0.29, 0.717) is 10.9 Å². The Morgan fingerprint density at radius 2 is 1.71 bits per heavy atom. The zero-order valence-electron chi connectivity index (χ0n) is 11.0. The molecule has 0 saturated carbocycles. The number of hydrogen-bond donors (Lipinski definition) is 0. The van der Waals surface area contributed by atoms with Gasteiger partial charge in [0.25, 0.3) is 0 Å². The Morgan fingerprint density at radius 3 is 2.33 bits per heavy atom. The monoisotopic (exact) mass is 356 g/mol. The van der Waals surface area contributed by atoms with Crippen LogP contribution in [0.5, 0.6) is 0 Å². The largest absolute Gasteiger partial charge is 0.416 e. The third-order valence-electron chi connectivity index (χ3n) is 3.08. The van der Waals surface area contributed by atoms with Crippen LogP contribution >= 0.6 is 15.9 Å². The second-order valence-electron chi connectivity index (χ2n) is 4.60. The van der Waals surface area contributed by atoms with Crippen LogP contribution in [-0.2, 0) is 12.6 Å². The number of alkyl halides is 3. The number of carbonyl (C=O) groups excluding carboxylic acids is 1. The van der Waals surface area contributed by atoms with Crippen molar-refractivity contribution in [1.29, 1.82) is 0 Å². The van der Waals surface area contributed by atoms with Gasteiger partial charge in [0.1, 0.15) is 0 Å². The van der Waals surface area contributed by atoms with E-state index in [1.54, 1.807) is 0 Å². The van der Waals surface area contributed by atoms with E-state index in [1.807, 2.05) is 30.3 Å². The smallest absolute Gasteiger partial charge is 0.294 e. The van der Waals surface area contributed by atoms with Gasteiger partial charge in [-0.25, -0.2) is 0 Å². The molecule has 1 nitrogen and oxygen atoms in total. The first-order valence-electron chi connectivity index (χ1n) is 6.32. The van der Waals surface area contributed by atoms with E-state index in [2.05, 4.69) is 15.9 Å². The maximum absolute atomic E-state index is 12.7. The van der Waals surface area contributed by atoms with Gasteiger partial charge >= 0.3 is 6.18 Å². The highest BCUT2D eigenvalue weighted by molar-refractivity contribution is 9.10. The van der Waals surface area contributed by atoms with E-state index in [-0.39, 0.29) is 17.8 Å². The van der Waals surface area contributed by atoms with Crippen molar-refractivity contribution < 1.29 is 18.0 Å². The van der Waals surface area contributed by atoms with Crippen molar-refractivity contribution in [2.45, 2.75) is 19.0 Å². The molecule has 21 heavy (non-hydrogen) atoms. The van der Waals surface area contributed by atoms with Gasteiger partial charge in [0.15, 0.2) is 5.78 Å². The van der Waals surface area contributed by atoms with E-state index in [9.17, 15) is 18.0 Å². The molecular formula is C16H12BrF3O. The lowest BCUT2D eigenvalue weighted by Gasteiger charge is -2.10. The zero-order valence-corrected chi connectivity index (χ0v) is 12.5. The molecule has 0 radical (unpaired) electrons. The summed E-state index contributed by atoms with van der Waals surface area (Å²) in [5.74, 6) is -0.308. The predicted octanol–water partition coefficient (Wildman–Crippen LogP) is 5.28. The number of aryl methyl sites for hydroxylation is 1. The average molecular weight is 357 g/mol. The van der Waals surface area contributed by atoms with Crippen molar-refractivity contribution in [2.24, 2.45) is 0 Å². The molecule has 0 saturated heterocycles. The van der Waals surface area contributed by atoms with E-state index in [4.69, 9.17) is 0 Å². The third-order valence-corrected chi connectivity index (χ3v) is 3.77. The van der Waals surface area contributed by atoms with Crippen LogP contribution in [0, 0.1) is 0 Å². The molecule has 0 spiro atoms. The Labute approximate surface area is 128 Å². The molecule has 0 unspecified atom stereocenters. The highest BCUT2D eigenvalue weighted by Crippen LogP contribution is 2.32. The molecule has 0 bridgehead atoms. The van der Waals surface area contributed by atoms with Gasteiger partial charge in [-0.3, -0.25) is 4.79 Å². The first-order chi connectivity index (χ1) is 9.88. The molecule has 110 valence electrons. The molecule has 0 heterocycles. The van der Waals surface area contributed by atoms with Gasteiger partial charge in [0.05, 0.1) is 5.56 Å². The molecule has 0 aliphatic rings. The third kappa shape index (κ3) is 4.17. The van der Waals surface area contributed by atoms with Crippen molar-refractivity contribution >= 4 is 21.7 Å². The molecule has 2 rings (SSSR count). The summed E-state index contributed by atoms with van der Waals surface area (Å²) in [6, 6.07) is 12.5. The molecule has 2 aromatic carbocycles. The maximum Gasteiger partial charge on any atom is 0.416 e. The maximum atomic E-state index is 12.7. The molecule has 0 N–H and O–H groups in total. The van der Waals surface area contributed by atoms with Crippen LogP contribution in [0.1, 0.15) is 27.9 Å². The van der Waals surface area contributed by atoms with Gasteiger partial charge in [-0.2, -0.15) is 13.2 Å². The van der Waals surface area contributed by atoms with Crippen LogP contribution in [0.25, 0.3) is 0 Å². The summed E-state index contributed by atoms with van der Waals surface area (Å²) in [6.07, 6.45) is -3.78. The highest BCUT2D eigenvalue weighted by Gasteiger charge is 2.31. The lowest BCUT2D eigenvalue weighted by molar-refractivity contribution is -0.137. The van der Waals surface area contributed by atoms with Crippen LogP contribution in [0.2, 0.25) is 0 Å². The van der Waals surface area contributed by atoms with Gasteiger partial charge in [-0.05, 0) is 30.2 Å². The molecule has 0 amide bonds. The van der Waals surface area contributed by atoms with E-state index >= 15 is 0 Å². The number of rotatable bonds is 4. The number of benzene rings is 2. The Morgan fingerprint density at radius 1 is 1.05 bits per heavy atom. The van der Waals surface area contributed by atoms with Gasteiger partial charge in [0.2, 0.25) is 0 Å². The summed E-state index contributed by atoms with van der Waals surface area (Å²) in [6.45, 7) is 0. The van der Waals surface area contributed by atoms with Gasteiger partial charge < -0.3 is 0 Å². The molecule has 0 fully saturated rings. The number of halogens is 4. The Balaban J connectivity index is 2.15. The minimum atomic E-state index is -4.45. The first-order valence-corrected chi connectivity index (χ1v) is 7.11. The zero-order chi connectivity index (χ0) is 15.5. The first kappa shape index (κ1) is 15.8. The van der Waals surface area contributed by atoms with Crippen molar-refractivity contribution in [2.75, 3.05) is 0 Å². The van der Waals surface area contributed by atoms with E-state index in [0.717, 1.165) is 17.7 Å². The Bertz CT molecular complexity index is 636. The fraction of sp³-hybridized carbons (Fsp3) is 0.188. The number of hydrogen-bond acceptors (Lipinski definition) is 1. The Hall–Kier alpha value is -1.62. The summed E-state index contributed by atoms with van der Waals surface area (Å²) in [5, 5.41) is 0. The molecule has 5 heteroatoms. The standard InChI is InChI=1S/C16H12BrF3O/c17-14-8-7-12(16(18,19)20)10-13(14)15(21)9-6-11-4-2-1-3-5-11/h1-5,7-8,10H,6,9H2. The summed E-state index contributed by atoms with van der Waals surface area (Å²) in [4.78, 5) is 12.1. The van der Waals surface area contributed by atoms with Crippen molar-refractivity contribution in [3.63, 3.8) is 0 Å². The van der Waals surface area contributed by atoms with Gasteiger partial charge in [0, 0.05) is 16.5 Å². The normalized spacial score (nSPS) is 11.4. The minimum absolute atomic E-state index is 0.0701. The van der Waals surface area contributed by atoms with Crippen molar-refractivity contribution in [3.8, 4) is 0 Å². The summed E-state index contributed by atoms with van der Waals surface area (Å²) in [5.41, 5.74) is 0.239. The minimum Gasteiger partial charge on any atom is -0.294 e. The van der Waals surface area contributed by atoms with Crippen molar-refractivity contribution in [3.05, 3.63) is 69.7 Å². The molecule has 0 atom stereocenters. The average Bonchev–Trinajstić information content (AvgIpc) is 2.45. The molecule has 0 aliphatic heterocycles. The summed E-state index contributed by atoms with van der Waals surface area (Å²) < 4.78 is 38.4. The van der Waals surface area contributed by atoms with Crippen LogP contribution in [0.3, 0.4) is 0 Å². The fourth-order valence-electron chi connectivity index (χ4n) is 1.95. The molecule has 2 aromatic rings. The number of Topliss-reactive ketones (excluding diaryl/α,β-unsaturated/α-hetero) is 1. The molecule has 0 aromatic heterocycles. The van der Waals surface area contributed by atoms with Crippen LogP contribution in [0.15, 0.2) is 53.0 Å². The van der Waals surface area contributed by atoms with Crippen LogP contribution in [-0.4, -0.2) is 5.78 Å². The number of ketones is 1. The SMILES string of the molecule is O=C(CCc1ccccc1)c1cc(C(F)(F)F)ccc1Br. The number of carbonyl (C=O) groups is 1. The second-order valence-corrected chi connectivity index (χ2v) is 5.46. The quantitative estimate of drug-likeness (QED) is 0.680. The predicted molar refractivity (Wildman–Crippen MR) is 78.2 cm³/mol. The lowest BCUT2D eigenvalue weighted by atomic mass is 10.0. The van der Waals surface area contributed by atoms with Crippen LogP contribution in [0.4, 0.5) is 13.2 Å². The van der Waals surface area contributed by atoms with Crippen LogP contribution < -0.4 is 0 Å². The van der Waals surface area contributed by atoms with E-state index < -0.39 is 11.7 Å². The summed E-state index contributed by atoms with van der Waals surface area (Å²) in [7, 11) is 0. The highest BCUT2D eigenvalue weighted by atomic mass is 79.9. The van der Waals surface area contributed by atoms with Gasteiger partial charge in [-0.15, -0.1) is 0 Å². The molecule has 0 aliphatic carbocycles. The topological polar surface area (TPSA) is 17.1 Å². The fourth-order valence-corrected chi connectivity index (χ4v) is 2.42. The Kier molecular flexibility index (Phi) is 4.83. The molecular weight excluding hydrogens is 345 g/mol. The summed E-state index contributed by atoms with van der Waals surface area (Å²) >= 11 is 3.14. The second kappa shape index (κ2) is 6.43. The van der Waals surface area contributed by atoms with Crippen molar-refractivity contribution in [1.82, 2.24) is 0 Å². The lowest BCUT2D eigenvalue weighted by Crippen LogP contribution is -2.09.